The Bertz CT molecular complexity index is 251. The minimum absolute atomic E-state index is 0.514. The molecule has 13 heavy (non-hydrogen) atoms. The molecule has 0 aliphatic carbocycles. The van der Waals surface area contributed by atoms with Gasteiger partial charge in [0.15, 0.2) is 0 Å². The Morgan fingerprint density at radius 2 is 1.92 bits per heavy atom. The van der Waals surface area contributed by atoms with E-state index in [1.165, 1.54) is 19.6 Å². The highest BCUT2D eigenvalue weighted by Gasteiger charge is 2.43. The molecule has 2 heteroatoms. The van der Waals surface area contributed by atoms with Gasteiger partial charge in [-0.1, -0.05) is 5.92 Å². The summed E-state index contributed by atoms with van der Waals surface area (Å²) in [6.07, 6.45) is 0. The molecular weight excluding hydrogens is 160 g/mol. The quantitative estimate of drug-likeness (QED) is 0.498. The van der Waals surface area contributed by atoms with E-state index < -0.39 is 0 Å². The SMILES string of the molecule is CC#CC1[C@@H]2CN(C)C[C@@H]2CN1C. The third-order valence-electron chi connectivity index (χ3n) is 3.37. The second kappa shape index (κ2) is 3.32. The van der Waals surface area contributed by atoms with Gasteiger partial charge in [0.2, 0.25) is 0 Å². The normalized spacial score (nSPS) is 40.1. The molecule has 2 fully saturated rings. The van der Waals surface area contributed by atoms with Crippen LogP contribution in [0.3, 0.4) is 0 Å². The lowest BCUT2D eigenvalue weighted by atomic mass is 9.94. The Morgan fingerprint density at radius 1 is 1.15 bits per heavy atom. The molecule has 2 nitrogen and oxygen atoms in total. The van der Waals surface area contributed by atoms with Crippen molar-refractivity contribution in [2.45, 2.75) is 13.0 Å². The lowest BCUT2D eigenvalue weighted by molar-refractivity contribution is 0.283. The highest BCUT2D eigenvalue weighted by Crippen LogP contribution is 2.34. The van der Waals surface area contributed by atoms with E-state index in [0.717, 1.165) is 11.8 Å². The summed E-state index contributed by atoms with van der Waals surface area (Å²) in [7, 11) is 4.42. The zero-order valence-corrected chi connectivity index (χ0v) is 8.75. The number of rotatable bonds is 0. The molecule has 2 aliphatic heterocycles. The Kier molecular flexibility index (Phi) is 2.31. The first-order valence-corrected chi connectivity index (χ1v) is 5.03. The van der Waals surface area contributed by atoms with Gasteiger partial charge in [-0.2, -0.15) is 0 Å². The molecule has 0 spiro atoms. The van der Waals surface area contributed by atoms with Crippen LogP contribution in [0.15, 0.2) is 0 Å². The molecule has 3 atom stereocenters. The highest BCUT2D eigenvalue weighted by atomic mass is 15.2. The molecule has 1 unspecified atom stereocenters. The van der Waals surface area contributed by atoms with Gasteiger partial charge in [-0.15, -0.1) is 5.92 Å². The molecular formula is C11H18N2. The third-order valence-corrected chi connectivity index (χ3v) is 3.37. The molecule has 72 valence electrons. The fraction of sp³-hybridized carbons (Fsp3) is 0.818. The van der Waals surface area contributed by atoms with E-state index >= 15 is 0 Å². The van der Waals surface area contributed by atoms with E-state index in [0.29, 0.717) is 6.04 Å². The smallest absolute Gasteiger partial charge is 0.0756 e. The standard InChI is InChI=1S/C11H18N2/c1-4-5-11-10-8-12(2)6-9(10)7-13(11)3/h9-11H,6-8H2,1-3H3/t9-,10-,11?/m1/s1. The summed E-state index contributed by atoms with van der Waals surface area (Å²) in [4.78, 5) is 4.85. The van der Waals surface area contributed by atoms with Gasteiger partial charge >= 0.3 is 0 Å². The molecule has 0 saturated carbocycles. The Morgan fingerprint density at radius 3 is 2.62 bits per heavy atom. The predicted octanol–water partition coefficient (Wildman–Crippen LogP) is 0.502. The molecule has 2 heterocycles. The summed E-state index contributed by atoms with van der Waals surface area (Å²) in [5.41, 5.74) is 0. The highest BCUT2D eigenvalue weighted by molar-refractivity contribution is 5.14. The summed E-state index contributed by atoms with van der Waals surface area (Å²) in [6.45, 7) is 5.67. The van der Waals surface area contributed by atoms with E-state index in [1.54, 1.807) is 0 Å². The van der Waals surface area contributed by atoms with Crippen molar-refractivity contribution in [3.8, 4) is 11.8 Å². The molecule has 2 aliphatic rings. The number of hydrogen-bond acceptors (Lipinski definition) is 2. The Labute approximate surface area is 80.9 Å². The molecule has 0 amide bonds. The Hall–Kier alpha value is -0.520. The lowest BCUT2D eigenvalue weighted by Crippen LogP contribution is -2.31. The fourth-order valence-corrected chi connectivity index (χ4v) is 2.85. The molecule has 0 bridgehead atoms. The monoisotopic (exact) mass is 178 g/mol. The summed E-state index contributed by atoms with van der Waals surface area (Å²) < 4.78 is 0. The zero-order chi connectivity index (χ0) is 9.42. The van der Waals surface area contributed by atoms with Gasteiger partial charge in [0.25, 0.3) is 0 Å². The second-order valence-electron chi connectivity index (χ2n) is 4.42. The van der Waals surface area contributed by atoms with Gasteiger partial charge in [-0.25, -0.2) is 0 Å². The summed E-state index contributed by atoms with van der Waals surface area (Å²) >= 11 is 0. The largest absolute Gasteiger partial charge is 0.306 e. The summed E-state index contributed by atoms with van der Waals surface area (Å²) in [6, 6.07) is 0.514. The molecule has 2 rings (SSSR count). The zero-order valence-electron chi connectivity index (χ0n) is 8.75. The lowest BCUT2D eigenvalue weighted by Gasteiger charge is -2.20. The van der Waals surface area contributed by atoms with Crippen LogP contribution in [-0.2, 0) is 0 Å². The van der Waals surface area contributed by atoms with E-state index in [1.807, 2.05) is 6.92 Å². The maximum absolute atomic E-state index is 3.34. The average Bonchev–Trinajstić information content (AvgIpc) is 2.52. The van der Waals surface area contributed by atoms with Gasteiger partial charge in [-0.05, 0) is 26.9 Å². The van der Waals surface area contributed by atoms with Crippen molar-refractivity contribution in [1.29, 1.82) is 0 Å². The molecule has 0 aromatic rings. The van der Waals surface area contributed by atoms with Gasteiger partial charge in [0.1, 0.15) is 0 Å². The molecule has 0 aromatic heterocycles. The van der Waals surface area contributed by atoms with Gasteiger partial charge < -0.3 is 4.90 Å². The number of hydrogen-bond donors (Lipinski definition) is 0. The number of nitrogens with zero attached hydrogens (tertiary/aromatic N) is 2. The van der Waals surface area contributed by atoms with Crippen molar-refractivity contribution >= 4 is 0 Å². The first kappa shape index (κ1) is 9.05. The third kappa shape index (κ3) is 1.47. The van der Waals surface area contributed by atoms with Crippen LogP contribution in [0.5, 0.6) is 0 Å². The second-order valence-corrected chi connectivity index (χ2v) is 4.42. The maximum atomic E-state index is 3.34. The van der Waals surface area contributed by atoms with Crippen LogP contribution in [0.4, 0.5) is 0 Å². The van der Waals surface area contributed by atoms with Crippen LogP contribution in [0.1, 0.15) is 6.92 Å². The van der Waals surface area contributed by atoms with E-state index in [9.17, 15) is 0 Å². The molecule has 0 aromatic carbocycles. The van der Waals surface area contributed by atoms with Crippen molar-refractivity contribution in [3.63, 3.8) is 0 Å². The van der Waals surface area contributed by atoms with Crippen LogP contribution in [0, 0.1) is 23.7 Å². The topological polar surface area (TPSA) is 6.48 Å². The van der Waals surface area contributed by atoms with E-state index in [-0.39, 0.29) is 0 Å². The van der Waals surface area contributed by atoms with Gasteiger partial charge in [-0.3, -0.25) is 4.90 Å². The van der Waals surface area contributed by atoms with E-state index in [2.05, 4.69) is 35.7 Å². The Balaban J connectivity index is 2.13. The first-order valence-electron chi connectivity index (χ1n) is 5.03. The molecule has 0 radical (unpaired) electrons. The van der Waals surface area contributed by atoms with Crippen molar-refractivity contribution in [1.82, 2.24) is 9.80 Å². The van der Waals surface area contributed by atoms with Crippen LogP contribution in [0.25, 0.3) is 0 Å². The van der Waals surface area contributed by atoms with Crippen molar-refractivity contribution < 1.29 is 0 Å². The predicted molar refractivity (Wildman–Crippen MR) is 54.3 cm³/mol. The number of fused-ring (bicyclic) bond motifs is 1. The van der Waals surface area contributed by atoms with E-state index in [4.69, 9.17) is 0 Å². The van der Waals surface area contributed by atoms with Crippen molar-refractivity contribution in [3.05, 3.63) is 0 Å². The van der Waals surface area contributed by atoms with Crippen LogP contribution < -0.4 is 0 Å². The average molecular weight is 178 g/mol. The number of likely N-dealkylation sites (tertiary alicyclic amines) is 2. The molecule has 2 saturated heterocycles. The maximum Gasteiger partial charge on any atom is 0.0756 e. The molecule has 0 N–H and O–H groups in total. The van der Waals surface area contributed by atoms with Crippen LogP contribution >= 0.6 is 0 Å². The van der Waals surface area contributed by atoms with Crippen molar-refractivity contribution in [2.24, 2.45) is 11.8 Å². The minimum Gasteiger partial charge on any atom is -0.306 e. The van der Waals surface area contributed by atoms with Gasteiger partial charge in [0, 0.05) is 25.6 Å². The van der Waals surface area contributed by atoms with Crippen LogP contribution in [-0.4, -0.2) is 49.6 Å². The van der Waals surface area contributed by atoms with Gasteiger partial charge in [0.05, 0.1) is 6.04 Å². The summed E-state index contributed by atoms with van der Waals surface area (Å²) in [5.74, 6) is 8.05. The van der Waals surface area contributed by atoms with Crippen LogP contribution in [0.2, 0.25) is 0 Å². The first-order chi connectivity index (χ1) is 6.22. The minimum atomic E-state index is 0.514. The summed E-state index contributed by atoms with van der Waals surface area (Å²) in [5, 5.41) is 0. The fourth-order valence-electron chi connectivity index (χ4n) is 2.85. The van der Waals surface area contributed by atoms with Crippen molar-refractivity contribution in [2.75, 3.05) is 33.7 Å².